The summed E-state index contributed by atoms with van der Waals surface area (Å²) in [6.07, 6.45) is 6.80. The maximum atomic E-state index is 11.4. The average Bonchev–Trinajstić information content (AvgIpc) is 3.47. The minimum absolute atomic E-state index is 0.519. The van der Waals surface area contributed by atoms with Crippen molar-refractivity contribution in [2.24, 2.45) is 0 Å². The summed E-state index contributed by atoms with van der Waals surface area (Å²) >= 11 is 0. The molecular formula is C27H32N4O2. The van der Waals surface area contributed by atoms with E-state index in [1.54, 1.807) is 11.6 Å². The van der Waals surface area contributed by atoms with Crippen molar-refractivity contribution < 1.29 is 10.0 Å². The number of amides is 1. The van der Waals surface area contributed by atoms with E-state index in [-0.39, 0.29) is 0 Å². The molecule has 2 aromatic carbocycles. The van der Waals surface area contributed by atoms with Crippen LogP contribution < -0.4 is 5.48 Å². The molecule has 2 aliphatic rings. The summed E-state index contributed by atoms with van der Waals surface area (Å²) in [4.78, 5) is 16.6. The Hall–Kier alpha value is -2.93. The van der Waals surface area contributed by atoms with E-state index in [0.29, 0.717) is 0 Å². The lowest BCUT2D eigenvalue weighted by Crippen LogP contribution is -2.31. The zero-order chi connectivity index (χ0) is 22.6. The number of hydroxylamine groups is 1. The third-order valence-electron chi connectivity index (χ3n) is 6.98. The Morgan fingerprint density at radius 1 is 1.00 bits per heavy atom. The van der Waals surface area contributed by atoms with Crippen LogP contribution in [0.4, 0.5) is 0 Å². The summed E-state index contributed by atoms with van der Waals surface area (Å²) in [5.74, 6) is -0.519. The van der Waals surface area contributed by atoms with E-state index in [4.69, 9.17) is 5.21 Å². The molecule has 1 saturated heterocycles. The van der Waals surface area contributed by atoms with Gasteiger partial charge in [0.05, 0.1) is 0 Å². The molecule has 0 atom stereocenters. The normalized spacial score (nSPS) is 17.1. The van der Waals surface area contributed by atoms with E-state index in [2.05, 4.69) is 62.9 Å². The van der Waals surface area contributed by atoms with Crippen LogP contribution in [-0.2, 0) is 30.8 Å². The highest BCUT2D eigenvalue weighted by Gasteiger charge is 2.24. The van der Waals surface area contributed by atoms with Crippen molar-refractivity contribution in [2.75, 3.05) is 26.2 Å². The third kappa shape index (κ3) is 4.88. The van der Waals surface area contributed by atoms with Gasteiger partial charge in [-0.1, -0.05) is 36.4 Å². The van der Waals surface area contributed by atoms with Crippen LogP contribution in [0.3, 0.4) is 0 Å². The van der Waals surface area contributed by atoms with Crippen LogP contribution in [0.25, 0.3) is 17.0 Å². The highest BCUT2D eigenvalue weighted by molar-refractivity contribution is 5.93. The highest BCUT2D eigenvalue weighted by atomic mass is 16.5. The van der Waals surface area contributed by atoms with Gasteiger partial charge in [0.15, 0.2) is 0 Å². The average molecular weight is 445 g/mol. The number of nitrogens with one attached hydrogen (secondary N) is 1. The van der Waals surface area contributed by atoms with Gasteiger partial charge in [0, 0.05) is 61.8 Å². The quantitative estimate of drug-likeness (QED) is 0.331. The maximum Gasteiger partial charge on any atom is 0.267 e. The molecule has 5 rings (SSSR count). The molecule has 33 heavy (non-hydrogen) atoms. The number of carbonyl (C=O) groups excluding carboxylic acids is 1. The van der Waals surface area contributed by atoms with E-state index in [9.17, 15) is 4.79 Å². The van der Waals surface area contributed by atoms with Gasteiger partial charge in [0.25, 0.3) is 5.91 Å². The number of hydrogen-bond acceptors (Lipinski definition) is 4. The van der Waals surface area contributed by atoms with Gasteiger partial charge >= 0.3 is 0 Å². The first-order valence-electron chi connectivity index (χ1n) is 12.0. The van der Waals surface area contributed by atoms with Gasteiger partial charge in [-0.2, -0.15) is 0 Å². The summed E-state index contributed by atoms with van der Waals surface area (Å²) < 4.78 is 2.54. The Morgan fingerprint density at radius 3 is 2.61 bits per heavy atom. The number of hydrogen-bond donors (Lipinski definition) is 2. The molecule has 172 valence electrons. The van der Waals surface area contributed by atoms with Gasteiger partial charge in [-0.05, 0) is 60.8 Å². The predicted octanol–water partition coefficient (Wildman–Crippen LogP) is 3.81. The van der Waals surface area contributed by atoms with Crippen molar-refractivity contribution in [1.29, 1.82) is 0 Å². The molecule has 2 aliphatic heterocycles. The fourth-order valence-electron chi connectivity index (χ4n) is 5.32. The Bertz CT molecular complexity index is 1150. The first kappa shape index (κ1) is 21.9. The predicted molar refractivity (Wildman–Crippen MR) is 131 cm³/mol. The minimum Gasteiger partial charge on any atom is -0.343 e. The minimum atomic E-state index is -0.519. The van der Waals surface area contributed by atoms with E-state index >= 15 is 0 Å². The second kappa shape index (κ2) is 9.91. The molecule has 1 fully saturated rings. The summed E-state index contributed by atoms with van der Waals surface area (Å²) in [6.45, 7) is 7.50. The fraction of sp³-hybridized carbons (Fsp3) is 0.370. The van der Waals surface area contributed by atoms with Gasteiger partial charge in [-0.3, -0.25) is 14.9 Å². The van der Waals surface area contributed by atoms with Crippen LogP contribution in [0, 0.1) is 0 Å². The standard InChI is InChI=1S/C27H32N4O2/c32-27(28-33)11-9-21-8-10-25-23(18-21)24-20-30(19-22-6-2-1-3-7-22)15-12-26(24)31(25)17-16-29-13-4-5-14-29/h1-3,6-11,18,33H,4-5,12-17,19-20H2,(H,28,32)/b11-9+. The highest BCUT2D eigenvalue weighted by Crippen LogP contribution is 2.33. The van der Waals surface area contributed by atoms with Crippen molar-refractivity contribution in [3.05, 3.63) is 77.0 Å². The number of fused-ring (bicyclic) bond motifs is 3. The molecule has 0 radical (unpaired) electrons. The van der Waals surface area contributed by atoms with E-state index in [1.165, 1.54) is 59.7 Å². The van der Waals surface area contributed by atoms with Crippen molar-refractivity contribution in [2.45, 2.75) is 38.9 Å². The SMILES string of the molecule is O=C(/C=C/c1ccc2c(c1)c1c(n2CCN2CCCC2)CCN(Cc2ccccc2)C1)NO. The number of nitrogens with zero attached hydrogens (tertiary/aromatic N) is 3. The van der Waals surface area contributed by atoms with Crippen molar-refractivity contribution in [3.63, 3.8) is 0 Å². The summed E-state index contributed by atoms with van der Waals surface area (Å²) in [6, 6.07) is 17.1. The van der Waals surface area contributed by atoms with Gasteiger partial charge in [-0.15, -0.1) is 0 Å². The molecule has 1 aromatic heterocycles. The molecule has 0 spiro atoms. The number of rotatable bonds is 7. The third-order valence-corrected chi connectivity index (χ3v) is 6.98. The van der Waals surface area contributed by atoms with E-state index in [1.807, 2.05) is 0 Å². The molecule has 6 nitrogen and oxygen atoms in total. The molecule has 2 N–H and O–H groups in total. The fourth-order valence-corrected chi connectivity index (χ4v) is 5.32. The summed E-state index contributed by atoms with van der Waals surface area (Å²) in [5.41, 5.74) is 8.12. The Morgan fingerprint density at radius 2 is 1.82 bits per heavy atom. The van der Waals surface area contributed by atoms with Crippen molar-refractivity contribution in [3.8, 4) is 0 Å². The monoisotopic (exact) mass is 444 g/mol. The lowest BCUT2D eigenvalue weighted by molar-refractivity contribution is -0.124. The Kier molecular flexibility index (Phi) is 6.58. The van der Waals surface area contributed by atoms with Crippen LogP contribution in [0.5, 0.6) is 0 Å². The van der Waals surface area contributed by atoms with Crippen LogP contribution in [0.15, 0.2) is 54.6 Å². The number of aromatic nitrogens is 1. The van der Waals surface area contributed by atoms with E-state index in [0.717, 1.165) is 44.7 Å². The lowest BCUT2D eigenvalue weighted by atomic mass is 10.0. The van der Waals surface area contributed by atoms with Gasteiger partial charge in [-0.25, -0.2) is 5.48 Å². The molecular weight excluding hydrogens is 412 g/mol. The number of likely N-dealkylation sites (tertiary alicyclic amines) is 1. The van der Waals surface area contributed by atoms with Crippen LogP contribution >= 0.6 is 0 Å². The number of carbonyl (C=O) groups is 1. The largest absolute Gasteiger partial charge is 0.343 e. The second-order valence-electron chi connectivity index (χ2n) is 9.16. The van der Waals surface area contributed by atoms with Gasteiger partial charge in [0.1, 0.15) is 0 Å². The lowest BCUT2D eigenvalue weighted by Gasteiger charge is -2.28. The van der Waals surface area contributed by atoms with Crippen LogP contribution in [0.2, 0.25) is 0 Å². The molecule has 3 heterocycles. The smallest absolute Gasteiger partial charge is 0.267 e. The van der Waals surface area contributed by atoms with Crippen molar-refractivity contribution in [1.82, 2.24) is 19.8 Å². The molecule has 0 bridgehead atoms. The van der Waals surface area contributed by atoms with Crippen LogP contribution in [0.1, 0.15) is 35.2 Å². The Labute approximate surface area is 195 Å². The molecule has 3 aromatic rings. The summed E-state index contributed by atoms with van der Waals surface area (Å²) in [5, 5.41) is 10.1. The molecule has 0 saturated carbocycles. The van der Waals surface area contributed by atoms with Gasteiger partial charge < -0.3 is 9.47 Å². The molecule has 0 aliphatic carbocycles. The zero-order valence-corrected chi connectivity index (χ0v) is 19.0. The van der Waals surface area contributed by atoms with Gasteiger partial charge in [0.2, 0.25) is 0 Å². The van der Waals surface area contributed by atoms with Crippen molar-refractivity contribution >= 4 is 22.9 Å². The second-order valence-corrected chi connectivity index (χ2v) is 9.16. The topological polar surface area (TPSA) is 60.7 Å². The zero-order valence-electron chi connectivity index (χ0n) is 19.0. The first-order valence-corrected chi connectivity index (χ1v) is 12.0. The first-order chi connectivity index (χ1) is 16.2. The molecule has 0 unspecified atom stereocenters. The van der Waals surface area contributed by atoms with E-state index < -0.39 is 5.91 Å². The maximum absolute atomic E-state index is 11.4. The Balaban J connectivity index is 1.46. The molecule has 6 heteroatoms. The number of benzene rings is 2. The molecule has 1 amide bonds. The summed E-state index contributed by atoms with van der Waals surface area (Å²) in [7, 11) is 0. The van der Waals surface area contributed by atoms with Crippen LogP contribution in [-0.4, -0.2) is 51.7 Å².